The SMILES string of the molecule is Cn1cc(CCNc2ncc(C(=O)N3CCOCC3)cc2Cl)c2ccc(Cl)cc21. The highest BCUT2D eigenvalue weighted by molar-refractivity contribution is 6.33. The summed E-state index contributed by atoms with van der Waals surface area (Å²) in [5.74, 6) is 0.511. The van der Waals surface area contributed by atoms with Crippen molar-refractivity contribution in [2.75, 3.05) is 38.2 Å². The Balaban J connectivity index is 1.41. The summed E-state index contributed by atoms with van der Waals surface area (Å²) in [7, 11) is 2.01. The van der Waals surface area contributed by atoms with Gasteiger partial charge in [0.1, 0.15) is 5.82 Å². The lowest BCUT2D eigenvalue weighted by Crippen LogP contribution is -2.40. The van der Waals surface area contributed by atoms with E-state index in [0.29, 0.717) is 49.3 Å². The van der Waals surface area contributed by atoms with Crippen LogP contribution in [0.1, 0.15) is 15.9 Å². The summed E-state index contributed by atoms with van der Waals surface area (Å²) in [5.41, 5.74) is 2.82. The molecule has 4 rings (SSSR count). The Morgan fingerprint density at radius 2 is 2.03 bits per heavy atom. The summed E-state index contributed by atoms with van der Waals surface area (Å²) >= 11 is 12.5. The van der Waals surface area contributed by atoms with Gasteiger partial charge in [0.2, 0.25) is 0 Å². The minimum Gasteiger partial charge on any atom is -0.378 e. The van der Waals surface area contributed by atoms with Crippen LogP contribution in [-0.2, 0) is 18.2 Å². The molecule has 0 radical (unpaired) electrons. The first-order valence-electron chi connectivity index (χ1n) is 9.53. The summed E-state index contributed by atoms with van der Waals surface area (Å²) in [6.45, 7) is 2.98. The number of halogens is 2. The Bertz CT molecular complexity index is 1040. The monoisotopic (exact) mass is 432 g/mol. The number of fused-ring (bicyclic) bond motifs is 1. The molecule has 1 aromatic carbocycles. The Kier molecular flexibility index (Phi) is 5.94. The van der Waals surface area contributed by atoms with Gasteiger partial charge in [-0.3, -0.25) is 4.79 Å². The third kappa shape index (κ3) is 4.34. The molecule has 0 saturated carbocycles. The number of carbonyl (C=O) groups is 1. The van der Waals surface area contributed by atoms with Crippen LogP contribution in [0.25, 0.3) is 10.9 Å². The van der Waals surface area contributed by atoms with Crippen LogP contribution in [0.2, 0.25) is 10.0 Å². The molecule has 29 heavy (non-hydrogen) atoms. The average molecular weight is 433 g/mol. The fraction of sp³-hybridized carbons (Fsp3) is 0.333. The van der Waals surface area contributed by atoms with Crippen molar-refractivity contribution in [3.05, 3.63) is 57.8 Å². The summed E-state index contributed by atoms with van der Waals surface area (Å²) < 4.78 is 7.37. The van der Waals surface area contributed by atoms with Gasteiger partial charge in [0.25, 0.3) is 5.91 Å². The average Bonchev–Trinajstić information content (AvgIpc) is 3.04. The molecule has 3 heterocycles. The van der Waals surface area contributed by atoms with Crippen molar-refractivity contribution in [3.63, 3.8) is 0 Å². The molecular weight excluding hydrogens is 411 g/mol. The number of anilines is 1. The summed E-state index contributed by atoms with van der Waals surface area (Å²) in [6.07, 6.45) is 4.50. The number of carbonyl (C=O) groups excluding carboxylic acids is 1. The molecule has 8 heteroatoms. The molecule has 152 valence electrons. The van der Waals surface area contributed by atoms with Gasteiger partial charge in [-0.1, -0.05) is 29.3 Å². The number of benzene rings is 1. The lowest BCUT2D eigenvalue weighted by Gasteiger charge is -2.26. The first kappa shape index (κ1) is 20.0. The molecule has 1 saturated heterocycles. The quantitative estimate of drug-likeness (QED) is 0.661. The Hall–Kier alpha value is -2.28. The number of rotatable bonds is 5. The van der Waals surface area contributed by atoms with Crippen LogP contribution in [0.4, 0.5) is 5.82 Å². The van der Waals surface area contributed by atoms with Crippen LogP contribution in [0.5, 0.6) is 0 Å². The second kappa shape index (κ2) is 8.61. The number of nitrogens with one attached hydrogen (secondary N) is 1. The van der Waals surface area contributed by atoms with Crippen LogP contribution in [0.3, 0.4) is 0 Å². The van der Waals surface area contributed by atoms with E-state index >= 15 is 0 Å². The van der Waals surface area contributed by atoms with Gasteiger partial charge in [-0.15, -0.1) is 0 Å². The van der Waals surface area contributed by atoms with Gasteiger partial charge in [0, 0.05) is 55.0 Å². The van der Waals surface area contributed by atoms with Gasteiger partial charge in [0.05, 0.1) is 23.8 Å². The number of aryl methyl sites for hydroxylation is 1. The number of hydrogen-bond donors (Lipinski definition) is 1. The van der Waals surface area contributed by atoms with E-state index in [1.807, 2.05) is 25.2 Å². The standard InChI is InChI=1S/C21H22Cl2N4O2/c1-26-13-14(17-3-2-16(22)11-19(17)26)4-5-24-20-18(23)10-15(12-25-20)21(28)27-6-8-29-9-7-27/h2-3,10-13H,4-9H2,1H3,(H,24,25). The number of nitrogens with zero attached hydrogens (tertiary/aromatic N) is 3. The van der Waals surface area contributed by atoms with E-state index in [-0.39, 0.29) is 5.91 Å². The molecule has 1 fully saturated rings. The third-order valence-electron chi connectivity index (χ3n) is 5.11. The van der Waals surface area contributed by atoms with Crippen molar-refractivity contribution in [1.82, 2.24) is 14.5 Å². The Labute approximate surface area is 179 Å². The maximum atomic E-state index is 12.6. The molecule has 0 spiro atoms. The van der Waals surface area contributed by atoms with Crippen LogP contribution in [0, 0.1) is 0 Å². The van der Waals surface area contributed by atoms with E-state index in [4.69, 9.17) is 27.9 Å². The zero-order valence-electron chi connectivity index (χ0n) is 16.1. The number of ether oxygens (including phenoxy) is 1. The first-order chi connectivity index (χ1) is 14.0. The smallest absolute Gasteiger partial charge is 0.255 e. The number of amides is 1. The van der Waals surface area contributed by atoms with E-state index in [9.17, 15) is 4.79 Å². The number of aromatic nitrogens is 2. The maximum Gasteiger partial charge on any atom is 0.255 e. The topological polar surface area (TPSA) is 59.4 Å². The highest BCUT2D eigenvalue weighted by atomic mass is 35.5. The molecule has 0 bridgehead atoms. The first-order valence-corrected chi connectivity index (χ1v) is 10.3. The van der Waals surface area contributed by atoms with Gasteiger partial charge in [0.15, 0.2) is 0 Å². The lowest BCUT2D eigenvalue weighted by atomic mass is 10.1. The van der Waals surface area contributed by atoms with E-state index in [2.05, 4.69) is 21.1 Å². The predicted molar refractivity (Wildman–Crippen MR) is 116 cm³/mol. The van der Waals surface area contributed by atoms with Crippen molar-refractivity contribution in [2.45, 2.75) is 6.42 Å². The molecule has 1 aliphatic rings. The zero-order valence-corrected chi connectivity index (χ0v) is 17.6. The molecule has 3 aromatic rings. The number of morpholine rings is 1. The molecular formula is C21H22Cl2N4O2. The molecule has 0 aliphatic carbocycles. The van der Waals surface area contributed by atoms with Gasteiger partial charge in [-0.2, -0.15) is 0 Å². The van der Waals surface area contributed by atoms with Crippen molar-refractivity contribution in [3.8, 4) is 0 Å². The van der Waals surface area contributed by atoms with Gasteiger partial charge in [-0.25, -0.2) is 4.98 Å². The second-order valence-corrected chi connectivity index (χ2v) is 7.91. The Morgan fingerprint density at radius 3 is 2.79 bits per heavy atom. The largest absolute Gasteiger partial charge is 0.378 e. The van der Waals surface area contributed by atoms with Crippen LogP contribution >= 0.6 is 23.2 Å². The van der Waals surface area contributed by atoms with E-state index in [1.54, 1.807) is 17.2 Å². The molecule has 0 atom stereocenters. The fourth-order valence-electron chi connectivity index (χ4n) is 3.59. The summed E-state index contributed by atoms with van der Waals surface area (Å²) in [6, 6.07) is 7.60. The van der Waals surface area contributed by atoms with Crippen LogP contribution in [-0.4, -0.2) is 53.2 Å². The normalized spacial score (nSPS) is 14.4. The Morgan fingerprint density at radius 1 is 1.24 bits per heavy atom. The predicted octanol–water partition coefficient (Wildman–Crippen LogP) is 4.01. The van der Waals surface area contributed by atoms with Crippen LogP contribution < -0.4 is 5.32 Å². The van der Waals surface area contributed by atoms with E-state index in [1.165, 1.54) is 10.9 Å². The molecule has 6 nitrogen and oxygen atoms in total. The zero-order chi connectivity index (χ0) is 20.4. The number of hydrogen-bond acceptors (Lipinski definition) is 4. The molecule has 1 amide bonds. The van der Waals surface area contributed by atoms with E-state index < -0.39 is 0 Å². The summed E-state index contributed by atoms with van der Waals surface area (Å²) in [4.78, 5) is 18.7. The molecule has 1 N–H and O–H groups in total. The van der Waals surface area contributed by atoms with Gasteiger partial charge in [-0.05, 0) is 30.2 Å². The summed E-state index contributed by atoms with van der Waals surface area (Å²) in [5, 5.41) is 5.62. The second-order valence-electron chi connectivity index (χ2n) is 7.06. The van der Waals surface area contributed by atoms with Crippen molar-refractivity contribution in [1.29, 1.82) is 0 Å². The lowest BCUT2D eigenvalue weighted by molar-refractivity contribution is 0.0302. The van der Waals surface area contributed by atoms with E-state index in [0.717, 1.165) is 17.0 Å². The minimum absolute atomic E-state index is 0.0660. The molecule has 1 aliphatic heterocycles. The number of pyridine rings is 1. The van der Waals surface area contributed by atoms with Crippen molar-refractivity contribution >= 4 is 45.8 Å². The highest BCUT2D eigenvalue weighted by Gasteiger charge is 2.19. The van der Waals surface area contributed by atoms with Crippen molar-refractivity contribution < 1.29 is 9.53 Å². The minimum atomic E-state index is -0.0660. The highest BCUT2D eigenvalue weighted by Crippen LogP contribution is 2.25. The third-order valence-corrected chi connectivity index (χ3v) is 5.63. The fourth-order valence-corrected chi connectivity index (χ4v) is 3.99. The maximum absolute atomic E-state index is 12.6. The van der Waals surface area contributed by atoms with Gasteiger partial charge >= 0.3 is 0 Å². The van der Waals surface area contributed by atoms with Crippen molar-refractivity contribution in [2.24, 2.45) is 7.05 Å². The van der Waals surface area contributed by atoms with Crippen LogP contribution in [0.15, 0.2) is 36.7 Å². The molecule has 0 unspecified atom stereocenters. The molecule has 2 aromatic heterocycles. The van der Waals surface area contributed by atoms with Gasteiger partial charge < -0.3 is 19.5 Å².